The SMILES string of the molecule is Cn1cccc1/C=C1\SC(=S)N(NC(=O)c2ccc(OCc3ccccc3)cc2)C1=O. The molecule has 0 atom stereocenters. The highest BCUT2D eigenvalue weighted by atomic mass is 32.2. The number of hydrazine groups is 1. The largest absolute Gasteiger partial charge is 0.489 e. The molecule has 8 heteroatoms. The maximum Gasteiger partial charge on any atom is 0.285 e. The van der Waals surface area contributed by atoms with Crippen molar-refractivity contribution in [3.8, 4) is 5.75 Å². The lowest BCUT2D eigenvalue weighted by molar-refractivity contribution is -0.123. The number of amides is 2. The number of aromatic nitrogens is 1. The van der Waals surface area contributed by atoms with Crippen molar-refractivity contribution in [3.63, 3.8) is 0 Å². The maximum absolute atomic E-state index is 12.7. The van der Waals surface area contributed by atoms with E-state index in [1.807, 2.05) is 60.3 Å². The molecular formula is C23H19N3O3S2. The molecule has 1 saturated heterocycles. The molecule has 2 aromatic carbocycles. The van der Waals surface area contributed by atoms with Gasteiger partial charge < -0.3 is 9.30 Å². The predicted octanol–water partition coefficient (Wildman–Crippen LogP) is 4.15. The molecule has 4 rings (SSSR count). The zero-order valence-electron chi connectivity index (χ0n) is 16.6. The third-order valence-corrected chi connectivity index (χ3v) is 5.94. The number of thioether (sulfide) groups is 1. The fourth-order valence-electron chi connectivity index (χ4n) is 2.93. The average Bonchev–Trinajstić information content (AvgIpc) is 3.31. The van der Waals surface area contributed by atoms with Crippen LogP contribution in [0.3, 0.4) is 0 Å². The summed E-state index contributed by atoms with van der Waals surface area (Å²) in [6.45, 7) is 0.441. The van der Waals surface area contributed by atoms with Crippen LogP contribution in [0.2, 0.25) is 0 Å². The quantitative estimate of drug-likeness (QED) is 0.453. The molecule has 0 spiro atoms. The molecular weight excluding hydrogens is 430 g/mol. The normalized spacial score (nSPS) is 14.9. The van der Waals surface area contributed by atoms with Crippen LogP contribution in [-0.4, -0.2) is 25.7 Å². The van der Waals surface area contributed by atoms with Gasteiger partial charge in [-0.3, -0.25) is 15.0 Å². The number of carbonyl (C=O) groups is 2. The number of thiocarbonyl (C=S) groups is 1. The highest BCUT2D eigenvalue weighted by Crippen LogP contribution is 2.31. The van der Waals surface area contributed by atoms with E-state index in [9.17, 15) is 9.59 Å². The number of hydrogen-bond acceptors (Lipinski definition) is 5. The van der Waals surface area contributed by atoms with E-state index in [1.165, 1.54) is 0 Å². The van der Waals surface area contributed by atoms with Gasteiger partial charge in [0.1, 0.15) is 12.4 Å². The number of ether oxygens (including phenoxy) is 1. The molecule has 0 bridgehead atoms. The van der Waals surface area contributed by atoms with Crippen LogP contribution in [0.5, 0.6) is 5.75 Å². The van der Waals surface area contributed by atoms with Gasteiger partial charge in [0.05, 0.1) is 4.91 Å². The highest BCUT2D eigenvalue weighted by Gasteiger charge is 2.34. The molecule has 2 amide bonds. The van der Waals surface area contributed by atoms with Gasteiger partial charge >= 0.3 is 0 Å². The lowest BCUT2D eigenvalue weighted by Crippen LogP contribution is -2.44. The third-order valence-electron chi connectivity index (χ3n) is 4.63. The standard InChI is InChI=1S/C23H19N3O3S2/c1-25-13-5-8-18(25)14-20-22(28)26(23(30)31-20)24-21(27)17-9-11-19(12-10-17)29-15-16-6-3-2-4-7-16/h2-14H,15H2,1H3,(H,24,27)/b20-14-. The van der Waals surface area contributed by atoms with E-state index in [2.05, 4.69) is 5.43 Å². The first-order valence-corrected chi connectivity index (χ1v) is 10.7. The Hall–Kier alpha value is -3.36. The third kappa shape index (κ3) is 4.87. The Morgan fingerprint density at radius 1 is 1.10 bits per heavy atom. The summed E-state index contributed by atoms with van der Waals surface area (Å²) in [4.78, 5) is 25.8. The van der Waals surface area contributed by atoms with Crippen molar-refractivity contribution in [3.05, 3.63) is 94.7 Å². The lowest BCUT2D eigenvalue weighted by atomic mass is 10.2. The van der Waals surface area contributed by atoms with Gasteiger partial charge in [0.2, 0.25) is 0 Å². The summed E-state index contributed by atoms with van der Waals surface area (Å²) in [7, 11) is 1.89. The summed E-state index contributed by atoms with van der Waals surface area (Å²) in [6, 6.07) is 20.3. The molecule has 156 valence electrons. The Morgan fingerprint density at radius 3 is 2.52 bits per heavy atom. The summed E-state index contributed by atoms with van der Waals surface area (Å²) >= 11 is 6.43. The van der Waals surface area contributed by atoms with Crippen molar-refractivity contribution in [1.82, 2.24) is 15.0 Å². The zero-order chi connectivity index (χ0) is 21.8. The number of rotatable bonds is 6. The van der Waals surface area contributed by atoms with Crippen LogP contribution in [0.1, 0.15) is 21.6 Å². The van der Waals surface area contributed by atoms with Crippen molar-refractivity contribution in [1.29, 1.82) is 0 Å². The number of benzene rings is 2. The van der Waals surface area contributed by atoms with E-state index < -0.39 is 5.91 Å². The number of hydrogen-bond donors (Lipinski definition) is 1. The van der Waals surface area contributed by atoms with Crippen LogP contribution >= 0.6 is 24.0 Å². The van der Waals surface area contributed by atoms with E-state index >= 15 is 0 Å². The van der Waals surface area contributed by atoms with Crippen molar-refractivity contribution in [2.24, 2.45) is 7.05 Å². The molecule has 1 N–H and O–H groups in total. The monoisotopic (exact) mass is 449 g/mol. The van der Waals surface area contributed by atoms with E-state index in [0.29, 0.717) is 22.8 Å². The molecule has 2 heterocycles. The van der Waals surface area contributed by atoms with Crippen molar-refractivity contribution in [2.45, 2.75) is 6.61 Å². The van der Waals surface area contributed by atoms with E-state index in [4.69, 9.17) is 17.0 Å². The van der Waals surface area contributed by atoms with Crippen LogP contribution in [0.25, 0.3) is 6.08 Å². The van der Waals surface area contributed by atoms with Gasteiger partial charge in [0, 0.05) is 24.5 Å². The van der Waals surface area contributed by atoms with Crippen LogP contribution < -0.4 is 10.2 Å². The molecule has 3 aromatic rings. The van der Waals surface area contributed by atoms with E-state index in [0.717, 1.165) is 28.0 Å². The second kappa shape index (κ2) is 9.20. The second-order valence-electron chi connectivity index (χ2n) is 6.80. The highest BCUT2D eigenvalue weighted by molar-refractivity contribution is 8.26. The summed E-state index contributed by atoms with van der Waals surface area (Å²) in [5.74, 6) is -0.130. The summed E-state index contributed by atoms with van der Waals surface area (Å²) in [6.07, 6.45) is 3.64. The topological polar surface area (TPSA) is 63.6 Å². The second-order valence-corrected chi connectivity index (χ2v) is 8.48. The molecule has 0 aliphatic carbocycles. The fraction of sp³-hybridized carbons (Fsp3) is 0.0870. The summed E-state index contributed by atoms with van der Waals surface area (Å²) in [5.41, 5.74) is 4.92. The van der Waals surface area contributed by atoms with Gasteiger partial charge in [-0.25, -0.2) is 0 Å². The predicted molar refractivity (Wildman–Crippen MR) is 125 cm³/mol. The Morgan fingerprint density at radius 2 is 1.84 bits per heavy atom. The lowest BCUT2D eigenvalue weighted by Gasteiger charge is -2.15. The van der Waals surface area contributed by atoms with Crippen molar-refractivity contribution in [2.75, 3.05) is 0 Å². The van der Waals surface area contributed by atoms with Crippen LogP contribution in [0.15, 0.2) is 77.8 Å². The van der Waals surface area contributed by atoms with Crippen LogP contribution in [0.4, 0.5) is 0 Å². The van der Waals surface area contributed by atoms with Crippen molar-refractivity contribution < 1.29 is 14.3 Å². The van der Waals surface area contributed by atoms with Crippen molar-refractivity contribution >= 4 is 46.2 Å². The molecule has 0 unspecified atom stereocenters. The molecule has 0 saturated carbocycles. The van der Waals surface area contributed by atoms with Gasteiger partial charge in [-0.05, 0) is 60.3 Å². The smallest absolute Gasteiger partial charge is 0.285 e. The zero-order valence-corrected chi connectivity index (χ0v) is 18.3. The maximum atomic E-state index is 12.7. The molecule has 31 heavy (non-hydrogen) atoms. The first kappa shape index (κ1) is 20.9. The summed E-state index contributed by atoms with van der Waals surface area (Å²) in [5, 5.41) is 1.11. The minimum absolute atomic E-state index is 0.279. The van der Waals surface area contributed by atoms with Crippen LogP contribution in [0, 0.1) is 0 Å². The summed E-state index contributed by atoms with van der Waals surface area (Å²) < 4.78 is 7.91. The first-order chi connectivity index (χ1) is 15.0. The van der Waals surface area contributed by atoms with Gasteiger partial charge in [-0.15, -0.1) is 0 Å². The molecule has 1 fully saturated rings. The average molecular weight is 450 g/mol. The number of aryl methyl sites for hydroxylation is 1. The number of nitrogens with one attached hydrogen (secondary N) is 1. The van der Waals surface area contributed by atoms with E-state index in [1.54, 1.807) is 30.3 Å². The van der Waals surface area contributed by atoms with Gasteiger partial charge in [-0.1, -0.05) is 42.1 Å². The van der Waals surface area contributed by atoms with Gasteiger partial charge in [0.25, 0.3) is 11.8 Å². The first-order valence-electron chi connectivity index (χ1n) is 9.48. The minimum Gasteiger partial charge on any atom is -0.489 e. The molecule has 1 aromatic heterocycles. The van der Waals surface area contributed by atoms with Gasteiger partial charge in [-0.2, -0.15) is 5.01 Å². The molecule has 0 radical (unpaired) electrons. The Kier molecular flexibility index (Phi) is 6.20. The minimum atomic E-state index is -0.425. The Balaban J connectivity index is 1.38. The molecule has 1 aliphatic heterocycles. The molecule has 6 nitrogen and oxygen atoms in total. The van der Waals surface area contributed by atoms with E-state index in [-0.39, 0.29) is 10.2 Å². The van der Waals surface area contributed by atoms with Crippen LogP contribution in [-0.2, 0) is 18.4 Å². The Labute approximate surface area is 189 Å². The molecule has 1 aliphatic rings. The number of carbonyl (C=O) groups excluding carboxylic acids is 2. The Bertz CT molecular complexity index is 1150. The fourth-order valence-corrected chi connectivity index (χ4v) is 4.10. The van der Waals surface area contributed by atoms with Gasteiger partial charge in [0.15, 0.2) is 4.32 Å². The number of nitrogens with zero attached hydrogens (tertiary/aromatic N) is 2.